The number of nitrogens with zero attached hydrogens (tertiary/aromatic N) is 1. The number of hydrogen-bond donors (Lipinski definition) is 0. The Kier molecular flexibility index (Phi) is 5.56. The first-order valence-corrected chi connectivity index (χ1v) is 9.22. The van der Waals surface area contributed by atoms with Crippen molar-refractivity contribution in [2.75, 3.05) is 6.54 Å². The molecule has 1 heterocycles. The van der Waals surface area contributed by atoms with E-state index in [9.17, 15) is 0 Å². The Bertz CT molecular complexity index is 284. The third kappa shape index (κ3) is 3.59. The van der Waals surface area contributed by atoms with Crippen LogP contribution in [0.5, 0.6) is 0 Å². The molecule has 0 radical (unpaired) electrons. The molecule has 1 heteroatoms. The highest BCUT2D eigenvalue weighted by Gasteiger charge is 2.44. The molecule has 1 saturated heterocycles. The Morgan fingerprint density at radius 2 is 1.25 bits per heavy atom. The van der Waals surface area contributed by atoms with Gasteiger partial charge in [0.1, 0.15) is 0 Å². The third-order valence-corrected chi connectivity index (χ3v) is 6.59. The molecule has 0 aromatic rings. The van der Waals surface area contributed by atoms with E-state index in [1.54, 1.807) is 0 Å². The molecule has 1 nitrogen and oxygen atoms in total. The van der Waals surface area contributed by atoms with Gasteiger partial charge in [0.15, 0.2) is 0 Å². The molecule has 0 aromatic heterocycles. The maximum atomic E-state index is 2.93. The summed E-state index contributed by atoms with van der Waals surface area (Å²) < 4.78 is 0. The van der Waals surface area contributed by atoms with E-state index in [2.05, 4.69) is 32.6 Å². The van der Waals surface area contributed by atoms with Crippen molar-refractivity contribution in [3.63, 3.8) is 0 Å². The molecule has 0 N–H and O–H groups in total. The van der Waals surface area contributed by atoms with Gasteiger partial charge in [-0.15, -0.1) is 0 Å². The van der Waals surface area contributed by atoms with Crippen molar-refractivity contribution in [3.05, 3.63) is 0 Å². The lowest BCUT2D eigenvalue weighted by Gasteiger charge is -2.54. The lowest BCUT2D eigenvalue weighted by molar-refractivity contribution is -0.0409. The van der Waals surface area contributed by atoms with E-state index >= 15 is 0 Å². The summed E-state index contributed by atoms with van der Waals surface area (Å²) in [6.45, 7) is 11.4. The first-order valence-electron chi connectivity index (χ1n) is 9.22. The second-order valence-electron chi connectivity index (χ2n) is 8.45. The highest BCUT2D eigenvalue weighted by Crippen LogP contribution is 2.43. The largest absolute Gasteiger partial charge is 0.295 e. The Morgan fingerprint density at radius 3 is 1.90 bits per heavy atom. The second kappa shape index (κ2) is 6.81. The van der Waals surface area contributed by atoms with Gasteiger partial charge in [0.05, 0.1) is 0 Å². The third-order valence-electron chi connectivity index (χ3n) is 6.59. The van der Waals surface area contributed by atoms with E-state index in [0.717, 1.165) is 6.04 Å². The van der Waals surface area contributed by atoms with Gasteiger partial charge in [0, 0.05) is 11.6 Å². The Balaban J connectivity index is 2.15. The van der Waals surface area contributed by atoms with E-state index < -0.39 is 0 Å². The summed E-state index contributed by atoms with van der Waals surface area (Å²) in [4.78, 5) is 2.93. The molecule has 2 rings (SSSR count). The van der Waals surface area contributed by atoms with Gasteiger partial charge < -0.3 is 0 Å². The van der Waals surface area contributed by atoms with Gasteiger partial charge >= 0.3 is 0 Å². The van der Waals surface area contributed by atoms with Crippen molar-refractivity contribution in [1.82, 2.24) is 4.90 Å². The Hall–Kier alpha value is -0.0400. The van der Waals surface area contributed by atoms with Crippen LogP contribution < -0.4 is 0 Å². The SMILES string of the molecule is CC1(C)CCCCCN(C2CCCCCCC2)C1(C)C. The number of likely N-dealkylation sites (tertiary alicyclic amines) is 1. The first kappa shape index (κ1) is 16.3. The van der Waals surface area contributed by atoms with Gasteiger partial charge in [-0.1, -0.05) is 58.8 Å². The van der Waals surface area contributed by atoms with Crippen molar-refractivity contribution in [2.45, 2.75) is 110 Å². The molecular formula is C19H37N. The Morgan fingerprint density at radius 1 is 0.700 bits per heavy atom. The van der Waals surface area contributed by atoms with Gasteiger partial charge in [-0.2, -0.15) is 0 Å². The fraction of sp³-hybridized carbons (Fsp3) is 1.00. The molecule has 20 heavy (non-hydrogen) atoms. The van der Waals surface area contributed by atoms with Gasteiger partial charge in [-0.25, -0.2) is 0 Å². The van der Waals surface area contributed by atoms with Crippen LogP contribution in [0.25, 0.3) is 0 Å². The molecule has 1 saturated carbocycles. The standard InChI is InChI=1S/C19H37N/c1-18(2)15-11-8-12-16-20(19(18,3)4)17-13-9-6-5-7-10-14-17/h17H,5-16H2,1-4H3. The molecule has 1 aliphatic carbocycles. The van der Waals surface area contributed by atoms with Crippen LogP contribution in [0.15, 0.2) is 0 Å². The summed E-state index contributed by atoms with van der Waals surface area (Å²) in [5.41, 5.74) is 0.785. The van der Waals surface area contributed by atoms with Gasteiger partial charge in [0.25, 0.3) is 0 Å². The average Bonchev–Trinajstić information content (AvgIpc) is 2.33. The fourth-order valence-corrected chi connectivity index (χ4v) is 4.39. The Labute approximate surface area is 127 Å². The zero-order valence-corrected chi connectivity index (χ0v) is 14.5. The predicted molar refractivity (Wildman–Crippen MR) is 89.1 cm³/mol. The summed E-state index contributed by atoms with van der Waals surface area (Å²) >= 11 is 0. The highest BCUT2D eigenvalue weighted by atomic mass is 15.2. The van der Waals surface area contributed by atoms with Crippen molar-refractivity contribution in [3.8, 4) is 0 Å². The van der Waals surface area contributed by atoms with Crippen LogP contribution in [0.1, 0.15) is 98.3 Å². The van der Waals surface area contributed by atoms with E-state index in [-0.39, 0.29) is 0 Å². The molecule has 1 aliphatic heterocycles. The summed E-state index contributed by atoms with van der Waals surface area (Å²) in [6.07, 6.45) is 15.9. The molecule has 0 atom stereocenters. The summed E-state index contributed by atoms with van der Waals surface area (Å²) in [6, 6.07) is 0.850. The lowest BCUT2D eigenvalue weighted by atomic mass is 9.68. The van der Waals surface area contributed by atoms with E-state index in [1.165, 1.54) is 77.2 Å². The van der Waals surface area contributed by atoms with Gasteiger partial charge in [-0.3, -0.25) is 4.90 Å². The number of hydrogen-bond acceptors (Lipinski definition) is 1. The first-order chi connectivity index (χ1) is 9.45. The number of rotatable bonds is 1. The highest BCUT2D eigenvalue weighted by molar-refractivity contribution is 4.98. The van der Waals surface area contributed by atoms with Crippen molar-refractivity contribution < 1.29 is 0 Å². The smallest absolute Gasteiger partial charge is 0.0207 e. The summed E-state index contributed by atoms with van der Waals surface area (Å²) in [7, 11) is 0. The van der Waals surface area contributed by atoms with E-state index in [0.29, 0.717) is 11.0 Å². The minimum absolute atomic E-state index is 0.345. The molecule has 0 unspecified atom stereocenters. The topological polar surface area (TPSA) is 3.24 Å². The molecular weight excluding hydrogens is 242 g/mol. The van der Waals surface area contributed by atoms with E-state index in [4.69, 9.17) is 0 Å². The van der Waals surface area contributed by atoms with Crippen molar-refractivity contribution in [2.24, 2.45) is 5.41 Å². The van der Waals surface area contributed by atoms with Gasteiger partial charge in [0.2, 0.25) is 0 Å². The quantitative estimate of drug-likeness (QED) is 0.588. The fourth-order valence-electron chi connectivity index (χ4n) is 4.39. The maximum Gasteiger partial charge on any atom is 0.0207 e. The molecule has 0 aromatic carbocycles. The van der Waals surface area contributed by atoms with Crippen LogP contribution in [0.2, 0.25) is 0 Å². The van der Waals surface area contributed by atoms with Crippen LogP contribution in [0.3, 0.4) is 0 Å². The molecule has 2 aliphatic rings. The van der Waals surface area contributed by atoms with Crippen molar-refractivity contribution >= 4 is 0 Å². The summed E-state index contributed by atoms with van der Waals surface area (Å²) in [5.74, 6) is 0. The average molecular weight is 280 g/mol. The molecule has 0 bridgehead atoms. The molecule has 2 fully saturated rings. The minimum atomic E-state index is 0.345. The van der Waals surface area contributed by atoms with Gasteiger partial charge in [-0.05, 0) is 51.5 Å². The lowest BCUT2D eigenvalue weighted by Crippen LogP contribution is -2.58. The van der Waals surface area contributed by atoms with Crippen LogP contribution in [0, 0.1) is 5.41 Å². The van der Waals surface area contributed by atoms with Crippen LogP contribution >= 0.6 is 0 Å². The van der Waals surface area contributed by atoms with Crippen LogP contribution in [0.4, 0.5) is 0 Å². The molecule has 118 valence electrons. The van der Waals surface area contributed by atoms with Crippen LogP contribution in [-0.2, 0) is 0 Å². The van der Waals surface area contributed by atoms with E-state index in [1.807, 2.05) is 0 Å². The van der Waals surface area contributed by atoms with Crippen molar-refractivity contribution in [1.29, 1.82) is 0 Å². The minimum Gasteiger partial charge on any atom is -0.295 e. The normalized spacial score (nSPS) is 30.0. The zero-order chi connectivity index (χ0) is 14.6. The summed E-state index contributed by atoms with van der Waals surface area (Å²) in [5, 5.41) is 0. The zero-order valence-electron chi connectivity index (χ0n) is 14.5. The maximum absolute atomic E-state index is 2.93. The second-order valence-corrected chi connectivity index (χ2v) is 8.45. The monoisotopic (exact) mass is 279 g/mol. The molecule has 0 spiro atoms. The van der Waals surface area contributed by atoms with Crippen LogP contribution in [-0.4, -0.2) is 23.0 Å². The predicted octanol–water partition coefficient (Wildman–Crippen LogP) is 5.78. The molecule has 0 amide bonds.